The summed E-state index contributed by atoms with van der Waals surface area (Å²) < 4.78 is 1.77. The van der Waals surface area contributed by atoms with E-state index in [1.165, 1.54) is 6.33 Å². The predicted octanol–water partition coefficient (Wildman–Crippen LogP) is 5.53. The Hall–Kier alpha value is -3.91. The average Bonchev–Trinajstić information content (AvgIpc) is 3.47. The predicted molar refractivity (Wildman–Crippen MR) is 135 cm³/mol. The number of hydrogen-bond acceptors (Lipinski definition) is 5. The number of anilines is 1. The molecule has 4 N–H and O–H groups in total. The lowest BCUT2D eigenvalue weighted by molar-refractivity contribution is -0.142. The molecule has 0 spiro atoms. The van der Waals surface area contributed by atoms with Crippen LogP contribution < -0.4 is 5.73 Å². The number of fused-ring (bicyclic) bond motifs is 2. The molecular weight excluding hydrogens is 464 g/mol. The van der Waals surface area contributed by atoms with Gasteiger partial charge < -0.3 is 15.8 Å². The number of nitrogens with zero attached hydrogens (tertiary/aromatic N) is 4. The van der Waals surface area contributed by atoms with Gasteiger partial charge in [-0.25, -0.2) is 14.5 Å². The molecular formula is C26H23ClN6O2. The molecule has 2 aromatic carbocycles. The van der Waals surface area contributed by atoms with Crippen LogP contribution in [-0.4, -0.2) is 35.6 Å². The van der Waals surface area contributed by atoms with E-state index in [1.807, 2.05) is 42.5 Å². The molecule has 1 aliphatic carbocycles. The summed E-state index contributed by atoms with van der Waals surface area (Å²) in [6, 6.07) is 15.9. The second-order valence-corrected chi connectivity index (χ2v) is 9.45. The molecule has 9 heteroatoms. The number of halogens is 1. The van der Waals surface area contributed by atoms with E-state index in [-0.39, 0.29) is 11.8 Å². The van der Waals surface area contributed by atoms with Crippen LogP contribution in [0.2, 0.25) is 5.02 Å². The Morgan fingerprint density at radius 3 is 2.63 bits per heavy atom. The SMILES string of the molecule is Nc1ncnn2c1c(-c1cc3cccc(-c4ccccc4Cl)c3[nH]1)nc2[C@H]1CC[C@H](C(=O)O)CC1. The third-order valence-corrected chi connectivity index (χ3v) is 7.33. The second-order valence-electron chi connectivity index (χ2n) is 9.04. The number of carbonyl (C=O) groups is 1. The van der Waals surface area contributed by atoms with Crippen LogP contribution in [-0.2, 0) is 4.79 Å². The summed E-state index contributed by atoms with van der Waals surface area (Å²) in [5.41, 5.74) is 11.3. The number of benzene rings is 2. The molecule has 5 aromatic rings. The molecule has 0 unspecified atom stereocenters. The van der Waals surface area contributed by atoms with Gasteiger partial charge in [-0.1, -0.05) is 48.0 Å². The zero-order chi connectivity index (χ0) is 24.1. The van der Waals surface area contributed by atoms with Gasteiger partial charge in [0.2, 0.25) is 0 Å². The van der Waals surface area contributed by atoms with E-state index in [1.54, 1.807) is 4.52 Å². The number of aliphatic carboxylic acids is 1. The number of nitrogen functional groups attached to an aromatic ring is 1. The summed E-state index contributed by atoms with van der Waals surface area (Å²) in [6.45, 7) is 0. The fourth-order valence-electron chi connectivity index (χ4n) is 5.22. The van der Waals surface area contributed by atoms with Gasteiger partial charge in [-0.15, -0.1) is 0 Å². The lowest BCUT2D eigenvalue weighted by atomic mass is 9.82. The van der Waals surface area contributed by atoms with Gasteiger partial charge in [-0.3, -0.25) is 4.79 Å². The highest BCUT2D eigenvalue weighted by Gasteiger charge is 2.31. The highest BCUT2D eigenvalue weighted by Crippen LogP contribution is 2.40. The number of nitrogens with two attached hydrogens (primary N) is 1. The number of H-pyrrole nitrogens is 1. The van der Waals surface area contributed by atoms with Crippen LogP contribution in [0.15, 0.2) is 54.9 Å². The van der Waals surface area contributed by atoms with Crippen molar-refractivity contribution in [3.05, 3.63) is 65.7 Å². The molecule has 1 aliphatic rings. The van der Waals surface area contributed by atoms with Gasteiger partial charge in [-0.05, 0) is 37.8 Å². The van der Waals surface area contributed by atoms with Crippen LogP contribution in [0.4, 0.5) is 5.82 Å². The van der Waals surface area contributed by atoms with Crippen LogP contribution >= 0.6 is 11.6 Å². The van der Waals surface area contributed by atoms with E-state index < -0.39 is 5.97 Å². The molecule has 35 heavy (non-hydrogen) atoms. The lowest BCUT2D eigenvalue weighted by Crippen LogP contribution is -2.21. The molecule has 0 atom stereocenters. The van der Waals surface area contributed by atoms with Crippen LogP contribution in [0.1, 0.15) is 37.4 Å². The summed E-state index contributed by atoms with van der Waals surface area (Å²) in [7, 11) is 0. The monoisotopic (exact) mass is 486 g/mol. The zero-order valence-corrected chi connectivity index (χ0v) is 19.5. The van der Waals surface area contributed by atoms with E-state index in [9.17, 15) is 9.90 Å². The molecule has 0 amide bonds. The van der Waals surface area contributed by atoms with E-state index in [2.05, 4.69) is 21.1 Å². The van der Waals surface area contributed by atoms with E-state index in [4.69, 9.17) is 22.3 Å². The number of imidazole rings is 1. The fourth-order valence-corrected chi connectivity index (χ4v) is 5.45. The average molecular weight is 487 g/mol. The molecule has 0 radical (unpaired) electrons. The normalized spacial score (nSPS) is 18.3. The summed E-state index contributed by atoms with van der Waals surface area (Å²) in [6.07, 6.45) is 4.16. The standard InChI is InChI=1S/C26H23ClN6O2/c27-19-7-2-1-5-17(19)18-6-3-4-16-12-20(31-21(16)18)22-23-24(28)29-13-30-33(23)25(32-22)14-8-10-15(11-9-14)26(34)35/h1-7,12-15,31H,8-11H2,(H,34,35)(H2,28,29,30)/t14-,15-. The molecule has 8 nitrogen and oxygen atoms in total. The lowest BCUT2D eigenvalue weighted by Gasteiger charge is -2.24. The summed E-state index contributed by atoms with van der Waals surface area (Å²) in [5, 5.41) is 15.5. The number of carboxylic acid groups (broad SMARTS) is 1. The van der Waals surface area contributed by atoms with Gasteiger partial charge in [0, 0.05) is 27.5 Å². The fraction of sp³-hybridized carbons (Fsp3) is 0.231. The number of para-hydroxylation sites is 1. The number of hydrogen-bond donors (Lipinski definition) is 3. The van der Waals surface area contributed by atoms with E-state index in [0.29, 0.717) is 34.9 Å². The van der Waals surface area contributed by atoms with Crippen molar-refractivity contribution in [2.24, 2.45) is 5.92 Å². The topological polar surface area (TPSA) is 122 Å². The number of rotatable bonds is 4. The Kier molecular flexibility index (Phi) is 5.18. The maximum absolute atomic E-state index is 11.4. The number of nitrogens with one attached hydrogen (secondary N) is 1. The number of aromatic amines is 1. The van der Waals surface area contributed by atoms with E-state index in [0.717, 1.165) is 46.4 Å². The first-order valence-corrected chi connectivity index (χ1v) is 12.0. The van der Waals surface area contributed by atoms with Crippen molar-refractivity contribution in [2.75, 3.05) is 5.73 Å². The van der Waals surface area contributed by atoms with Gasteiger partial charge in [0.05, 0.1) is 17.1 Å². The first-order chi connectivity index (χ1) is 17.0. The van der Waals surface area contributed by atoms with Crippen molar-refractivity contribution >= 4 is 39.8 Å². The van der Waals surface area contributed by atoms with Crippen molar-refractivity contribution in [1.82, 2.24) is 24.6 Å². The molecule has 0 aliphatic heterocycles. The highest BCUT2D eigenvalue weighted by molar-refractivity contribution is 6.33. The zero-order valence-electron chi connectivity index (χ0n) is 18.8. The van der Waals surface area contributed by atoms with Gasteiger partial charge in [0.1, 0.15) is 23.4 Å². The summed E-state index contributed by atoms with van der Waals surface area (Å²) in [4.78, 5) is 24.2. The maximum Gasteiger partial charge on any atom is 0.306 e. The Morgan fingerprint density at radius 2 is 1.86 bits per heavy atom. The highest BCUT2D eigenvalue weighted by atomic mass is 35.5. The van der Waals surface area contributed by atoms with Crippen LogP contribution in [0.3, 0.4) is 0 Å². The molecule has 0 bridgehead atoms. The van der Waals surface area contributed by atoms with Crippen molar-refractivity contribution < 1.29 is 9.90 Å². The van der Waals surface area contributed by atoms with Gasteiger partial charge in [-0.2, -0.15) is 5.10 Å². The smallest absolute Gasteiger partial charge is 0.306 e. The Balaban J connectivity index is 1.48. The Labute approximate surface area is 205 Å². The summed E-state index contributed by atoms with van der Waals surface area (Å²) >= 11 is 6.50. The molecule has 3 heterocycles. The third-order valence-electron chi connectivity index (χ3n) is 7.00. The largest absolute Gasteiger partial charge is 0.481 e. The van der Waals surface area contributed by atoms with Crippen LogP contribution in [0.5, 0.6) is 0 Å². The summed E-state index contributed by atoms with van der Waals surface area (Å²) in [5.74, 6) is 0.213. The van der Waals surface area contributed by atoms with Crippen molar-refractivity contribution in [3.63, 3.8) is 0 Å². The quantitative estimate of drug-likeness (QED) is 0.307. The number of aromatic nitrogens is 5. The first kappa shape index (κ1) is 21.6. The van der Waals surface area contributed by atoms with Crippen LogP contribution in [0.25, 0.3) is 38.9 Å². The molecule has 176 valence electrons. The van der Waals surface area contributed by atoms with Crippen molar-refractivity contribution in [2.45, 2.75) is 31.6 Å². The maximum atomic E-state index is 11.4. The van der Waals surface area contributed by atoms with Crippen molar-refractivity contribution in [3.8, 4) is 22.5 Å². The van der Waals surface area contributed by atoms with Crippen LogP contribution in [0, 0.1) is 5.92 Å². The molecule has 3 aromatic heterocycles. The Bertz CT molecular complexity index is 1580. The van der Waals surface area contributed by atoms with Gasteiger partial charge >= 0.3 is 5.97 Å². The molecule has 1 fully saturated rings. The minimum absolute atomic E-state index is 0.101. The Morgan fingerprint density at radius 1 is 1.09 bits per heavy atom. The molecule has 0 saturated heterocycles. The first-order valence-electron chi connectivity index (χ1n) is 11.6. The van der Waals surface area contributed by atoms with Crippen molar-refractivity contribution in [1.29, 1.82) is 0 Å². The number of carboxylic acids is 1. The van der Waals surface area contributed by atoms with Gasteiger partial charge in [0.25, 0.3) is 0 Å². The van der Waals surface area contributed by atoms with Gasteiger partial charge in [0.15, 0.2) is 5.82 Å². The third kappa shape index (κ3) is 3.61. The van der Waals surface area contributed by atoms with E-state index >= 15 is 0 Å². The minimum atomic E-state index is -0.726. The minimum Gasteiger partial charge on any atom is -0.481 e. The molecule has 6 rings (SSSR count). The molecule has 1 saturated carbocycles. The second kappa shape index (κ2) is 8.39.